The molecule has 2 aromatic carbocycles. The Hall–Kier alpha value is -2.80. The molecule has 2 aromatic rings. The number of hydrogen-bond acceptors (Lipinski definition) is 4. The third kappa shape index (κ3) is 7.44. The lowest BCUT2D eigenvalue weighted by Gasteiger charge is -2.14. The number of guanidine groups is 1. The molecule has 0 fully saturated rings. The van der Waals surface area contributed by atoms with E-state index in [0.29, 0.717) is 24.8 Å². The van der Waals surface area contributed by atoms with Crippen LogP contribution in [0.5, 0.6) is 11.5 Å². The van der Waals surface area contributed by atoms with Gasteiger partial charge in [0, 0.05) is 13.1 Å². The van der Waals surface area contributed by atoms with E-state index in [2.05, 4.69) is 15.6 Å². The van der Waals surface area contributed by atoms with Gasteiger partial charge in [0.1, 0.15) is 30.0 Å². The van der Waals surface area contributed by atoms with Crippen LogP contribution in [0.2, 0.25) is 0 Å². The Balaban J connectivity index is 1.79. The fourth-order valence-corrected chi connectivity index (χ4v) is 2.54. The molecular weight excluding hydrogens is 361 g/mol. The lowest BCUT2D eigenvalue weighted by atomic mass is 10.1. The first-order chi connectivity index (χ1) is 13.6. The first kappa shape index (κ1) is 21.5. The molecule has 0 saturated carbocycles. The van der Waals surface area contributed by atoms with Gasteiger partial charge in [0.15, 0.2) is 5.96 Å². The maximum Gasteiger partial charge on any atom is 0.191 e. The summed E-state index contributed by atoms with van der Waals surface area (Å²) in [6.07, 6.45) is 0.0136. The largest absolute Gasteiger partial charge is 0.496 e. The van der Waals surface area contributed by atoms with Crippen LogP contribution in [-0.2, 0) is 6.42 Å². The molecule has 3 N–H and O–H groups in total. The summed E-state index contributed by atoms with van der Waals surface area (Å²) in [5.74, 6) is 1.66. The van der Waals surface area contributed by atoms with E-state index in [4.69, 9.17) is 9.47 Å². The molecule has 0 aliphatic carbocycles. The van der Waals surface area contributed by atoms with Crippen molar-refractivity contribution >= 4 is 5.96 Å². The Bertz CT molecular complexity index is 738. The molecule has 0 saturated heterocycles. The van der Waals surface area contributed by atoms with Crippen LogP contribution in [0, 0.1) is 5.82 Å². The van der Waals surface area contributed by atoms with Crippen molar-refractivity contribution in [3.05, 3.63) is 59.9 Å². The number of aliphatic hydroxyl groups is 1. The molecule has 1 unspecified atom stereocenters. The van der Waals surface area contributed by atoms with E-state index in [1.807, 2.05) is 31.2 Å². The van der Waals surface area contributed by atoms with Crippen LogP contribution in [0.4, 0.5) is 4.39 Å². The quantitative estimate of drug-likeness (QED) is 0.430. The van der Waals surface area contributed by atoms with Crippen molar-refractivity contribution in [1.29, 1.82) is 0 Å². The van der Waals surface area contributed by atoms with E-state index in [1.165, 1.54) is 24.3 Å². The highest BCUT2D eigenvalue weighted by Gasteiger charge is 2.07. The number of benzene rings is 2. The number of halogens is 1. The van der Waals surface area contributed by atoms with E-state index in [1.54, 1.807) is 7.11 Å². The van der Waals surface area contributed by atoms with Gasteiger partial charge in [-0.2, -0.15) is 0 Å². The van der Waals surface area contributed by atoms with Crippen molar-refractivity contribution in [2.75, 3.05) is 33.4 Å². The fourth-order valence-electron chi connectivity index (χ4n) is 2.54. The molecular formula is C21H28FN3O3. The van der Waals surface area contributed by atoms with Crippen molar-refractivity contribution in [3.8, 4) is 11.5 Å². The number of ether oxygens (including phenoxy) is 2. The zero-order valence-electron chi connectivity index (χ0n) is 16.3. The second kappa shape index (κ2) is 11.8. The molecule has 0 aliphatic rings. The van der Waals surface area contributed by atoms with Crippen LogP contribution >= 0.6 is 0 Å². The molecule has 1 atom stereocenters. The number of aliphatic imine (C=N–C) groups is 1. The third-order valence-electron chi connectivity index (χ3n) is 3.94. The van der Waals surface area contributed by atoms with Crippen molar-refractivity contribution in [1.82, 2.24) is 10.6 Å². The number of rotatable bonds is 10. The molecule has 152 valence electrons. The van der Waals surface area contributed by atoms with Crippen molar-refractivity contribution in [2.45, 2.75) is 19.4 Å². The normalized spacial score (nSPS) is 12.4. The predicted molar refractivity (Wildman–Crippen MR) is 109 cm³/mol. The van der Waals surface area contributed by atoms with Crippen LogP contribution < -0.4 is 20.1 Å². The summed E-state index contributed by atoms with van der Waals surface area (Å²) in [5, 5.41) is 16.5. The number of nitrogens with zero attached hydrogens (tertiary/aromatic N) is 1. The Morgan fingerprint density at radius 1 is 1.14 bits per heavy atom. The number of methoxy groups -OCH3 is 1. The number of para-hydroxylation sites is 1. The Morgan fingerprint density at radius 2 is 1.89 bits per heavy atom. The van der Waals surface area contributed by atoms with Crippen molar-refractivity contribution in [3.63, 3.8) is 0 Å². The van der Waals surface area contributed by atoms with Gasteiger partial charge in [-0.05, 0) is 49.2 Å². The van der Waals surface area contributed by atoms with E-state index < -0.39 is 6.10 Å². The summed E-state index contributed by atoms with van der Waals surface area (Å²) in [6.45, 7) is 3.63. The van der Waals surface area contributed by atoms with E-state index in [-0.39, 0.29) is 19.0 Å². The van der Waals surface area contributed by atoms with Crippen molar-refractivity contribution < 1.29 is 19.0 Å². The molecule has 0 heterocycles. The number of hydrogen-bond donors (Lipinski definition) is 3. The summed E-state index contributed by atoms with van der Waals surface area (Å²) in [6, 6.07) is 13.6. The first-order valence-corrected chi connectivity index (χ1v) is 9.33. The summed E-state index contributed by atoms with van der Waals surface area (Å²) < 4.78 is 23.7. The number of nitrogens with one attached hydrogen (secondary N) is 2. The smallest absolute Gasteiger partial charge is 0.191 e. The minimum Gasteiger partial charge on any atom is -0.496 e. The van der Waals surface area contributed by atoms with Crippen molar-refractivity contribution in [2.24, 2.45) is 4.99 Å². The van der Waals surface area contributed by atoms with Gasteiger partial charge < -0.3 is 25.2 Å². The van der Waals surface area contributed by atoms with Crippen LogP contribution in [0.15, 0.2) is 53.5 Å². The summed E-state index contributed by atoms with van der Waals surface area (Å²) >= 11 is 0. The maximum atomic E-state index is 12.9. The van der Waals surface area contributed by atoms with Gasteiger partial charge in [0.05, 0.1) is 13.7 Å². The first-order valence-electron chi connectivity index (χ1n) is 9.33. The van der Waals surface area contributed by atoms with Gasteiger partial charge in [0.2, 0.25) is 0 Å². The lowest BCUT2D eigenvalue weighted by molar-refractivity contribution is 0.114. The molecule has 0 aliphatic heterocycles. The highest BCUT2D eigenvalue weighted by molar-refractivity contribution is 5.79. The van der Waals surface area contributed by atoms with E-state index in [9.17, 15) is 9.50 Å². The lowest BCUT2D eigenvalue weighted by Crippen LogP contribution is -2.39. The molecule has 0 aromatic heterocycles. The summed E-state index contributed by atoms with van der Waals surface area (Å²) in [7, 11) is 1.66. The zero-order chi connectivity index (χ0) is 20.2. The molecule has 0 bridgehead atoms. The Kier molecular flexibility index (Phi) is 9.07. The second-order valence-corrected chi connectivity index (χ2v) is 6.13. The minimum atomic E-state index is -0.769. The zero-order valence-corrected chi connectivity index (χ0v) is 16.3. The van der Waals surface area contributed by atoms with Crippen LogP contribution in [0.3, 0.4) is 0 Å². The molecule has 28 heavy (non-hydrogen) atoms. The fraction of sp³-hybridized carbons (Fsp3) is 0.381. The van der Waals surface area contributed by atoms with Crippen LogP contribution in [0.25, 0.3) is 0 Å². The van der Waals surface area contributed by atoms with E-state index >= 15 is 0 Å². The maximum absolute atomic E-state index is 12.9. The Labute approximate surface area is 165 Å². The van der Waals surface area contributed by atoms with Gasteiger partial charge >= 0.3 is 0 Å². The monoisotopic (exact) mass is 389 g/mol. The average Bonchev–Trinajstić information content (AvgIpc) is 2.72. The molecule has 7 heteroatoms. The highest BCUT2D eigenvalue weighted by atomic mass is 19.1. The van der Waals surface area contributed by atoms with Gasteiger partial charge in [-0.1, -0.05) is 18.2 Å². The molecule has 0 spiro atoms. The predicted octanol–water partition coefficient (Wildman–Crippen LogP) is 2.37. The van der Waals surface area contributed by atoms with Crippen LogP contribution in [0.1, 0.15) is 12.5 Å². The SMILES string of the molecule is CCNC(=NCC(O)COc1ccc(F)cc1)NCCc1ccccc1OC. The summed E-state index contributed by atoms with van der Waals surface area (Å²) in [4.78, 5) is 4.39. The van der Waals surface area contributed by atoms with Gasteiger partial charge in [0.25, 0.3) is 0 Å². The minimum absolute atomic E-state index is 0.0791. The highest BCUT2D eigenvalue weighted by Crippen LogP contribution is 2.17. The van der Waals surface area contributed by atoms with Gasteiger partial charge in [-0.3, -0.25) is 4.99 Å². The Morgan fingerprint density at radius 3 is 2.61 bits per heavy atom. The summed E-state index contributed by atoms with van der Waals surface area (Å²) in [5.41, 5.74) is 1.11. The molecule has 0 amide bonds. The third-order valence-corrected chi connectivity index (χ3v) is 3.94. The van der Waals surface area contributed by atoms with E-state index in [0.717, 1.165) is 17.7 Å². The second-order valence-electron chi connectivity index (χ2n) is 6.13. The van der Waals surface area contributed by atoms with Crippen LogP contribution in [-0.4, -0.2) is 50.5 Å². The van der Waals surface area contributed by atoms with Gasteiger partial charge in [-0.15, -0.1) is 0 Å². The molecule has 0 radical (unpaired) electrons. The topological polar surface area (TPSA) is 75.1 Å². The number of aliphatic hydroxyl groups excluding tert-OH is 1. The standard InChI is InChI=1S/C21H28FN3O3/c1-3-23-21(24-13-12-16-6-4-5-7-20(16)27-2)25-14-18(26)15-28-19-10-8-17(22)9-11-19/h4-11,18,26H,3,12-15H2,1-2H3,(H2,23,24,25). The average molecular weight is 389 g/mol. The molecule has 2 rings (SSSR count). The molecule has 6 nitrogen and oxygen atoms in total. The van der Waals surface area contributed by atoms with Gasteiger partial charge in [-0.25, -0.2) is 4.39 Å².